The fourth-order valence-electron chi connectivity index (χ4n) is 2.40. The van der Waals surface area contributed by atoms with E-state index in [9.17, 15) is 19.8 Å². The van der Waals surface area contributed by atoms with Crippen molar-refractivity contribution in [3.05, 3.63) is 35.5 Å². The number of allylic oxidation sites excluding steroid dienone is 3. The molecule has 20 heavy (non-hydrogen) atoms. The van der Waals surface area contributed by atoms with Crippen molar-refractivity contribution < 1.29 is 24.9 Å². The first kappa shape index (κ1) is 16.3. The Bertz CT molecular complexity index is 514. The molecule has 0 unspecified atom stereocenters. The van der Waals surface area contributed by atoms with Gasteiger partial charge in [0.05, 0.1) is 6.61 Å². The number of hydrogen-bond acceptors (Lipinski definition) is 4. The van der Waals surface area contributed by atoms with Crippen LogP contribution in [0.3, 0.4) is 0 Å². The number of rotatable bonds is 4. The number of carbonyl (C=O) groups excluding carboxylic acids is 1. The van der Waals surface area contributed by atoms with Crippen LogP contribution in [0.25, 0.3) is 0 Å². The van der Waals surface area contributed by atoms with E-state index in [1.807, 2.05) is 0 Å². The molecule has 0 radical (unpaired) electrons. The van der Waals surface area contributed by atoms with Gasteiger partial charge in [-0.1, -0.05) is 13.0 Å². The van der Waals surface area contributed by atoms with E-state index in [4.69, 9.17) is 5.11 Å². The lowest BCUT2D eigenvalue weighted by Crippen LogP contribution is -2.52. The van der Waals surface area contributed by atoms with Crippen molar-refractivity contribution in [2.24, 2.45) is 5.41 Å². The SMILES string of the molecule is CC(C=C[C@@]1(O)C(C)=CC(=O)C[C@@]1(C)CO)=CC(=O)O. The Kier molecular flexibility index (Phi) is 4.68. The second-order valence-corrected chi connectivity index (χ2v) is 5.52. The van der Waals surface area contributed by atoms with Crippen LogP contribution in [0.5, 0.6) is 0 Å². The third kappa shape index (κ3) is 3.05. The number of carboxylic acids is 1. The summed E-state index contributed by atoms with van der Waals surface area (Å²) in [7, 11) is 0. The molecule has 5 nitrogen and oxygen atoms in total. The van der Waals surface area contributed by atoms with Crippen LogP contribution < -0.4 is 0 Å². The van der Waals surface area contributed by atoms with Crippen molar-refractivity contribution in [2.75, 3.05) is 6.61 Å². The first-order chi connectivity index (χ1) is 9.14. The van der Waals surface area contributed by atoms with Crippen LogP contribution >= 0.6 is 0 Å². The molecule has 0 fully saturated rings. The monoisotopic (exact) mass is 280 g/mol. The molecule has 1 rings (SSSR count). The van der Waals surface area contributed by atoms with Crippen molar-refractivity contribution in [2.45, 2.75) is 32.8 Å². The Morgan fingerprint density at radius 1 is 1.50 bits per heavy atom. The van der Waals surface area contributed by atoms with E-state index >= 15 is 0 Å². The van der Waals surface area contributed by atoms with E-state index in [0.717, 1.165) is 6.08 Å². The van der Waals surface area contributed by atoms with Crippen molar-refractivity contribution in [3.63, 3.8) is 0 Å². The number of aliphatic hydroxyl groups is 2. The summed E-state index contributed by atoms with van der Waals surface area (Å²) in [5.74, 6) is -1.22. The van der Waals surface area contributed by atoms with Crippen LogP contribution in [0.4, 0.5) is 0 Å². The van der Waals surface area contributed by atoms with Gasteiger partial charge >= 0.3 is 5.97 Å². The Balaban J connectivity index is 3.22. The number of ketones is 1. The minimum absolute atomic E-state index is 0.0311. The van der Waals surface area contributed by atoms with Gasteiger partial charge in [0.25, 0.3) is 0 Å². The lowest BCUT2D eigenvalue weighted by atomic mass is 9.64. The Morgan fingerprint density at radius 2 is 2.10 bits per heavy atom. The summed E-state index contributed by atoms with van der Waals surface area (Å²) in [5.41, 5.74) is -1.62. The van der Waals surface area contributed by atoms with Crippen molar-refractivity contribution >= 4 is 11.8 Å². The van der Waals surface area contributed by atoms with Crippen LogP contribution in [0.1, 0.15) is 27.2 Å². The fraction of sp³-hybridized carbons (Fsp3) is 0.467. The highest BCUT2D eigenvalue weighted by Gasteiger charge is 2.49. The van der Waals surface area contributed by atoms with Gasteiger partial charge in [-0.25, -0.2) is 4.79 Å². The third-order valence-electron chi connectivity index (χ3n) is 3.75. The van der Waals surface area contributed by atoms with E-state index in [-0.39, 0.29) is 18.8 Å². The van der Waals surface area contributed by atoms with E-state index in [1.54, 1.807) is 20.8 Å². The van der Waals surface area contributed by atoms with Gasteiger partial charge in [-0.3, -0.25) is 4.79 Å². The van der Waals surface area contributed by atoms with Crippen molar-refractivity contribution in [1.29, 1.82) is 0 Å². The summed E-state index contributed by atoms with van der Waals surface area (Å²) < 4.78 is 0. The van der Waals surface area contributed by atoms with Crippen LogP contribution in [0, 0.1) is 5.41 Å². The van der Waals surface area contributed by atoms with Gasteiger partial charge in [0, 0.05) is 17.9 Å². The molecular weight excluding hydrogens is 260 g/mol. The fourth-order valence-corrected chi connectivity index (χ4v) is 2.40. The number of aliphatic hydroxyl groups excluding tert-OH is 1. The van der Waals surface area contributed by atoms with Gasteiger partial charge in [-0.05, 0) is 37.1 Å². The van der Waals surface area contributed by atoms with Gasteiger partial charge in [-0.15, -0.1) is 0 Å². The van der Waals surface area contributed by atoms with Crippen LogP contribution in [0.15, 0.2) is 35.5 Å². The van der Waals surface area contributed by atoms with Crippen molar-refractivity contribution in [1.82, 2.24) is 0 Å². The molecule has 0 spiro atoms. The maximum absolute atomic E-state index is 11.6. The first-order valence-electron chi connectivity index (χ1n) is 6.30. The normalized spacial score (nSPS) is 31.6. The molecule has 3 N–H and O–H groups in total. The minimum atomic E-state index is -1.48. The van der Waals surface area contributed by atoms with Gasteiger partial charge in [-0.2, -0.15) is 0 Å². The first-order valence-corrected chi connectivity index (χ1v) is 6.30. The van der Waals surface area contributed by atoms with Crippen LogP contribution in [-0.2, 0) is 9.59 Å². The zero-order valence-corrected chi connectivity index (χ0v) is 11.9. The molecule has 0 saturated carbocycles. The number of aliphatic carboxylic acids is 1. The molecule has 0 aliphatic heterocycles. The Morgan fingerprint density at radius 3 is 2.60 bits per heavy atom. The third-order valence-corrected chi connectivity index (χ3v) is 3.75. The van der Waals surface area contributed by atoms with E-state index in [2.05, 4.69) is 0 Å². The molecule has 1 aliphatic rings. The quantitative estimate of drug-likeness (QED) is 0.531. The molecule has 0 saturated heterocycles. The summed E-state index contributed by atoms with van der Waals surface area (Å²) in [5, 5.41) is 29.0. The standard InChI is InChI=1S/C15H20O5/c1-10(6-13(18)19)4-5-15(20)11(2)7-12(17)8-14(15,3)9-16/h4-7,16,20H,8-9H2,1-3H3,(H,18,19)/t14-,15+/m0/s1. The summed E-state index contributed by atoms with van der Waals surface area (Å²) in [4.78, 5) is 22.2. The molecule has 1 aliphatic carbocycles. The maximum atomic E-state index is 11.6. The lowest BCUT2D eigenvalue weighted by molar-refractivity contribution is -0.131. The van der Waals surface area contributed by atoms with Crippen molar-refractivity contribution in [3.8, 4) is 0 Å². The highest BCUT2D eigenvalue weighted by atomic mass is 16.4. The smallest absolute Gasteiger partial charge is 0.328 e. The Hall–Kier alpha value is -1.72. The molecule has 0 bridgehead atoms. The predicted octanol–water partition coefficient (Wildman–Crippen LogP) is 1.22. The number of hydrogen-bond donors (Lipinski definition) is 3. The molecular formula is C15H20O5. The molecule has 0 aromatic rings. The largest absolute Gasteiger partial charge is 0.478 e. The average molecular weight is 280 g/mol. The molecule has 0 aromatic carbocycles. The molecule has 0 aromatic heterocycles. The van der Waals surface area contributed by atoms with Gasteiger partial charge in [0.2, 0.25) is 0 Å². The zero-order valence-electron chi connectivity index (χ0n) is 11.9. The van der Waals surface area contributed by atoms with Gasteiger partial charge < -0.3 is 15.3 Å². The topological polar surface area (TPSA) is 94.8 Å². The maximum Gasteiger partial charge on any atom is 0.328 e. The van der Waals surface area contributed by atoms with E-state index in [1.165, 1.54) is 18.2 Å². The second kappa shape index (κ2) is 5.73. The summed E-state index contributed by atoms with van der Waals surface area (Å²) >= 11 is 0. The zero-order chi connectivity index (χ0) is 15.6. The highest BCUT2D eigenvalue weighted by Crippen LogP contribution is 2.44. The minimum Gasteiger partial charge on any atom is -0.478 e. The van der Waals surface area contributed by atoms with E-state index in [0.29, 0.717) is 11.1 Å². The second-order valence-electron chi connectivity index (χ2n) is 5.52. The number of carbonyl (C=O) groups is 2. The van der Waals surface area contributed by atoms with Gasteiger partial charge in [0.15, 0.2) is 5.78 Å². The molecule has 0 heterocycles. The molecule has 0 amide bonds. The van der Waals surface area contributed by atoms with Gasteiger partial charge in [0.1, 0.15) is 5.60 Å². The number of carboxylic acid groups (broad SMARTS) is 1. The Labute approximate surface area is 117 Å². The summed E-state index contributed by atoms with van der Waals surface area (Å²) in [6.07, 6.45) is 5.33. The summed E-state index contributed by atoms with van der Waals surface area (Å²) in [6.45, 7) is 4.48. The molecule has 2 atom stereocenters. The predicted molar refractivity (Wildman–Crippen MR) is 74.1 cm³/mol. The highest BCUT2D eigenvalue weighted by molar-refractivity contribution is 5.93. The summed E-state index contributed by atoms with van der Waals surface area (Å²) in [6, 6.07) is 0. The average Bonchev–Trinajstić information content (AvgIpc) is 2.33. The van der Waals surface area contributed by atoms with E-state index < -0.39 is 17.0 Å². The lowest BCUT2D eigenvalue weighted by Gasteiger charge is -2.45. The van der Waals surface area contributed by atoms with Crippen LogP contribution in [0.2, 0.25) is 0 Å². The van der Waals surface area contributed by atoms with Crippen LogP contribution in [-0.4, -0.2) is 39.3 Å². The molecule has 110 valence electrons. The molecule has 5 heteroatoms.